The molecule has 3 aromatic rings. The van der Waals surface area contributed by atoms with E-state index >= 15 is 0 Å². The topological polar surface area (TPSA) is 53.5 Å². The van der Waals surface area contributed by atoms with Gasteiger partial charge >= 0.3 is 0 Å². The summed E-state index contributed by atoms with van der Waals surface area (Å²) in [4.78, 5) is 0. The van der Waals surface area contributed by atoms with Crippen LogP contribution in [0.3, 0.4) is 0 Å². The SMILES string of the molecule is CCCCCCCCCCOc1ccc(-c2nnc(-c3cc(OCCCCCCCCCC)cc(OCCCCCCCCCC)c3)s2)cc1. The van der Waals surface area contributed by atoms with Gasteiger partial charge in [-0.3, -0.25) is 0 Å². The molecule has 0 radical (unpaired) electrons. The number of hydrogen-bond acceptors (Lipinski definition) is 6. The van der Waals surface area contributed by atoms with E-state index in [1.807, 2.05) is 6.07 Å². The van der Waals surface area contributed by atoms with Crippen molar-refractivity contribution in [3.63, 3.8) is 0 Å². The van der Waals surface area contributed by atoms with Crippen LogP contribution in [-0.4, -0.2) is 30.0 Å². The first-order valence-corrected chi connectivity index (χ1v) is 21.5. The van der Waals surface area contributed by atoms with Crippen LogP contribution in [0.5, 0.6) is 17.2 Å². The summed E-state index contributed by atoms with van der Waals surface area (Å²) in [5.41, 5.74) is 2.06. The van der Waals surface area contributed by atoms with E-state index in [0.29, 0.717) is 0 Å². The highest BCUT2D eigenvalue weighted by atomic mass is 32.1. The molecule has 5 nitrogen and oxygen atoms in total. The van der Waals surface area contributed by atoms with Crippen molar-refractivity contribution in [2.75, 3.05) is 19.8 Å². The average molecular weight is 707 g/mol. The van der Waals surface area contributed by atoms with Gasteiger partial charge in [0.25, 0.3) is 0 Å². The molecular weight excluding hydrogens is 637 g/mol. The van der Waals surface area contributed by atoms with E-state index in [1.54, 1.807) is 11.3 Å². The fraction of sp³-hybridized carbons (Fsp3) is 0.682. The number of rotatable bonds is 32. The van der Waals surface area contributed by atoms with Crippen LogP contribution in [0.4, 0.5) is 0 Å². The number of aromatic nitrogens is 2. The molecular formula is C44H70N2O3S. The molecule has 0 fully saturated rings. The summed E-state index contributed by atoms with van der Waals surface area (Å²) < 4.78 is 18.6. The molecule has 0 atom stereocenters. The first-order chi connectivity index (χ1) is 24.7. The van der Waals surface area contributed by atoms with Gasteiger partial charge in [0.05, 0.1) is 19.8 Å². The van der Waals surface area contributed by atoms with Crippen LogP contribution in [0, 0.1) is 0 Å². The molecule has 50 heavy (non-hydrogen) atoms. The monoisotopic (exact) mass is 707 g/mol. The molecule has 0 saturated heterocycles. The highest BCUT2D eigenvalue weighted by molar-refractivity contribution is 7.17. The minimum absolute atomic E-state index is 0.727. The van der Waals surface area contributed by atoms with Gasteiger partial charge in [0.15, 0.2) is 0 Å². The summed E-state index contributed by atoms with van der Waals surface area (Å²) in [6.45, 7) is 9.05. The second kappa shape index (κ2) is 28.0. The van der Waals surface area contributed by atoms with Gasteiger partial charge in [-0.1, -0.05) is 167 Å². The number of benzene rings is 2. The van der Waals surface area contributed by atoms with Crippen molar-refractivity contribution in [1.29, 1.82) is 0 Å². The number of nitrogens with zero attached hydrogens (tertiary/aromatic N) is 2. The fourth-order valence-electron chi connectivity index (χ4n) is 6.29. The second-order valence-electron chi connectivity index (χ2n) is 14.1. The van der Waals surface area contributed by atoms with Crippen molar-refractivity contribution in [3.8, 4) is 38.4 Å². The zero-order chi connectivity index (χ0) is 35.3. The van der Waals surface area contributed by atoms with Crippen molar-refractivity contribution in [2.45, 2.75) is 175 Å². The maximum atomic E-state index is 6.29. The third-order valence-electron chi connectivity index (χ3n) is 9.45. The molecule has 0 aliphatic rings. The van der Waals surface area contributed by atoms with Gasteiger partial charge in [-0.2, -0.15) is 0 Å². The third kappa shape index (κ3) is 18.6. The van der Waals surface area contributed by atoms with Crippen LogP contribution < -0.4 is 14.2 Å². The molecule has 0 aliphatic heterocycles. The minimum atomic E-state index is 0.727. The van der Waals surface area contributed by atoms with Gasteiger partial charge in [-0.05, 0) is 55.7 Å². The van der Waals surface area contributed by atoms with Crippen LogP contribution in [0.25, 0.3) is 21.1 Å². The van der Waals surface area contributed by atoms with E-state index in [-0.39, 0.29) is 0 Å². The summed E-state index contributed by atoms with van der Waals surface area (Å²) >= 11 is 1.61. The lowest BCUT2D eigenvalue weighted by Gasteiger charge is -2.12. The molecule has 0 saturated carbocycles. The molecule has 2 aromatic carbocycles. The Labute approximate surface area is 310 Å². The maximum absolute atomic E-state index is 6.29. The van der Waals surface area contributed by atoms with Crippen LogP contribution in [0.1, 0.15) is 175 Å². The van der Waals surface area contributed by atoms with Crippen LogP contribution in [0.2, 0.25) is 0 Å². The molecule has 0 aliphatic carbocycles. The summed E-state index contributed by atoms with van der Waals surface area (Å²) in [5, 5.41) is 10.9. The zero-order valence-electron chi connectivity index (χ0n) is 32.2. The van der Waals surface area contributed by atoms with E-state index < -0.39 is 0 Å². The first-order valence-electron chi connectivity index (χ1n) is 20.7. The van der Waals surface area contributed by atoms with E-state index in [1.165, 1.54) is 135 Å². The molecule has 0 bridgehead atoms. The van der Waals surface area contributed by atoms with Crippen LogP contribution in [0.15, 0.2) is 42.5 Å². The predicted octanol–water partition coefficient (Wildman–Crippen LogP) is 14.4. The molecule has 3 rings (SSSR count). The Morgan fingerprint density at radius 2 is 0.720 bits per heavy atom. The minimum Gasteiger partial charge on any atom is -0.494 e. The molecule has 0 spiro atoms. The van der Waals surface area contributed by atoms with Crippen LogP contribution in [-0.2, 0) is 0 Å². The van der Waals surface area contributed by atoms with Gasteiger partial charge in [-0.25, -0.2) is 0 Å². The van der Waals surface area contributed by atoms with Gasteiger partial charge in [0.1, 0.15) is 27.3 Å². The Balaban J connectivity index is 1.51. The van der Waals surface area contributed by atoms with Gasteiger partial charge < -0.3 is 14.2 Å². The van der Waals surface area contributed by atoms with Crippen molar-refractivity contribution in [3.05, 3.63) is 42.5 Å². The number of hydrogen-bond donors (Lipinski definition) is 0. The lowest BCUT2D eigenvalue weighted by molar-refractivity contribution is 0.290. The average Bonchev–Trinajstić information content (AvgIpc) is 3.64. The normalized spacial score (nSPS) is 11.3. The molecule has 280 valence electrons. The number of unbranched alkanes of at least 4 members (excludes halogenated alkanes) is 21. The van der Waals surface area contributed by atoms with E-state index in [2.05, 4.69) is 67.4 Å². The van der Waals surface area contributed by atoms with Gasteiger partial charge in [0, 0.05) is 17.2 Å². The maximum Gasteiger partial charge on any atom is 0.148 e. The lowest BCUT2D eigenvalue weighted by Crippen LogP contribution is -2.01. The predicted molar refractivity (Wildman–Crippen MR) is 215 cm³/mol. The summed E-state index contributed by atoms with van der Waals surface area (Å²) in [7, 11) is 0. The van der Waals surface area contributed by atoms with Crippen LogP contribution >= 0.6 is 11.3 Å². The summed E-state index contributed by atoms with van der Waals surface area (Å²) in [6.07, 6.45) is 31.1. The van der Waals surface area contributed by atoms with E-state index in [0.717, 1.165) is 77.5 Å². The highest BCUT2D eigenvalue weighted by Gasteiger charge is 2.13. The quantitative estimate of drug-likeness (QED) is 0.0605. The zero-order valence-corrected chi connectivity index (χ0v) is 33.0. The summed E-state index contributed by atoms with van der Waals surface area (Å²) in [5.74, 6) is 2.62. The molecule has 1 heterocycles. The Bertz CT molecular complexity index is 1190. The number of ether oxygens (including phenoxy) is 3. The summed E-state index contributed by atoms with van der Waals surface area (Å²) in [6, 6.07) is 14.5. The first kappa shape index (κ1) is 41.8. The Morgan fingerprint density at radius 3 is 1.12 bits per heavy atom. The van der Waals surface area contributed by atoms with Crippen molar-refractivity contribution in [2.24, 2.45) is 0 Å². The second-order valence-corrected chi connectivity index (χ2v) is 15.1. The molecule has 6 heteroatoms. The van der Waals surface area contributed by atoms with E-state index in [9.17, 15) is 0 Å². The molecule has 0 amide bonds. The largest absolute Gasteiger partial charge is 0.494 e. The van der Waals surface area contributed by atoms with E-state index in [4.69, 9.17) is 14.2 Å². The van der Waals surface area contributed by atoms with Gasteiger partial charge in [0.2, 0.25) is 0 Å². The Kier molecular flexibility index (Phi) is 23.5. The van der Waals surface area contributed by atoms with Crippen molar-refractivity contribution >= 4 is 11.3 Å². The Morgan fingerprint density at radius 1 is 0.380 bits per heavy atom. The van der Waals surface area contributed by atoms with Crippen molar-refractivity contribution < 1.29 is 14.2 Å². The fourth-order valence-corrected chi connectivity index (χ4v) is 7.13. The Hall–Kier alpha value is -2.60. The highest BCUT2D eigenvalue weighted by Crippen LogP contribution is 2.35. The standard InChI is InChI=1S/C44H70N2O3S/c1-4-7-10-13-16-19-22-25-32-47-40-30-28-38(29-31-40)43-45-46-44(50-43)39-35-41(48-33-26-23-20-17-14-11-8-5-2)37-42(36-39)49-34-27-24-21-18-15-12-9-6-3/h28-31,35-37H,4-27,32-34H2,1-3H3. The molecule has 0 unspecified atom stereocenters. The lowest BCUT2D eigenvalue weighted by atomic mass is 10.1. The molecule has 1 aromatic heterocycles. The van der Waals surface area contributed by atoms with Gasteiger partial charge in [-0.15, -0.1) is 10.2 Å². The smallest absolute Gasteiger partial charge is 0.148 e. The molecule has 0 N–H and O–H groups in total. The third-order valence-corrected chi connectivity index (χ3v) is 10.5. The van der Waals surface area contributed by atoms with Crippen molar-refractivity contribution in [1.82, 2.24) is 10.2 Å².